The van der Waals surface area contributed by atoms with E-state index in [1.165, 1.54) is 19.3 Å². The summed E-state index contributed by atoms with van der Waals surface area (Å²) in [6.45, 7) is 0.840. The highest BCUT2D eigenvalue weighted by Crippen LogP contribution is 2.48. The molecule has 0 N–H and O–H groups in total. The Kier molecular flexibility index (Phi) is 3.15. The van der Waals surface area contributed by atoms with Crippen LogP contribution in [0.4, 0.5) is 0 Å². The van der Waals surface area contributed by atoms with Gasteiger partial charge in [-0.05, 0) is 31.1 Å². The zero-order valence-electron chi connectivity index (χ0n) is 8.71. The van der Waals surface area contributed by atoms with Crippen molar-refractivity contribution in [1.29, 1.82) is 0 Å². The van der Waals surface area contributed by atoms with E-state index in [-0.39, 0.29) is 0 Å². The third-order valence-corrected chi connectivity index (χ3v) is 4.21. The minimum atomic E-state index is 0.359. The van der Waals surface area contributed by atoms with Gasteiger partial charge >= 0.3 is 0 Å². The Labute approximate surface area is 94.2 Å². The summed E-state index contributed by atoms with van der Waals surface area (Å²) in [6, 6.07) is 0. The Hall–Kier alpha value is -0.0500. The number of fused-ring (bicyclic) bond motifs is 2. The average Bonchev–Trinajstić information content (AvgIpc) is 2.77. The molecule has 2 bridgehead atoms. The Morgan fingerprint density at radius 3 is 2.71 bits per heavy atom. The molecule has 2 nitrogen and oxygen atoms in total. The normalized spacial score (nSPS) is 34.9. The Morgan fingerprint density at radius 2 is 2.21 bits per heavy atom. The standard InChI is InChI=1S/C11H18BrNO/c1-13(5-4-12)11(14)10-7-8-2-3-9(10)6-8/h8-10H,2-7H2,1H3. The van der Waals surface area contributed by atoms with Crippen molar-refractivity contribution in [3.05, 3.63) is 0 Å². The van der Waals surface area contributed by atoms with Crippen molar-refractivity contribution < 1.29 is 4.79 Å². The lowest BCUT2D eigenvalue weighted by atomic mass is 9.88. The van der Waals surface area contributed by atoms with Gasteiger partial charge in [-0.3, -0.25) is 4.79 Å². The van der Waals surface area contributed by atoms with Crippen molar-refractivity contribution in [2.75, 3.05) is 18.9 Å². The zero-order chi connectivity index (χ0) is 10.1. The molecule has 2 aliphatic rings. The highest BCUT2D eigenvalue weighted by molar-refractivity contribution is 9.09. The molecular formula is C11H18BrNO. The third-order valence-electron chi connectivity index (χ3n) is 3.85. The van der Waals surface area contributed by atoms with E-state index in [0.29, 0.717) is 17.7 Å². The van der Waals surface area contributed by atoms with Crippen LogP contribution in [0.2, 0.25) is 0 Å². The number of hydrogen-bond acceptors (Lipinski definition) is 1. The average molecular weight is 260 g/mol. The van der Waals surface area contributed by atoms with Gasteiger partial charge in [-0.15, -0.1) is 0 Å². The third kappa shape index (κ3) is 1.83. The maximum atomic E-state index is 12.0. The number of halogens is 1. The van der Waals surface area contributed by atoms with Gasteiger partial charge in [-0.2, -0.15) is 0 Å². The minimum Gasteiger partial charge on any atom is -0.345 e. The molecular weight excluding hydrogens is 242 g/mol. The quantitative estimate of drug-likeness (QED) is 0.713. The van der Waals surface area contributed by atoms with E-state index in [2.05, 4.69) is 15.9 Å². The number of carbonyl (C=O) groups excluding carboxylic acids is 1. The highest BCUT2D eigenvalue weighted by Gasteiger charge is 2.43. The van der Waals surface area contributed by atoms with Gasteiger partial charge in [0.25, 0.3) is 0 Å². The fourth-order valence-electron chi connectivity index (χ4n) is 3.07. The number of alkyl halides is 1. The van der Waals surface area contributed by atoms with E-state index in [4.69, 9.17) is 0 Å². The Balaban J connectivity index is 1.92. The van der Waals surface area contributed by atoms with Crippen LogP contribution in [0.1, 0.15) is 25.7 Å². The molecule has 2 rings (SSSR count). The lowest BCUT2D eigenvalue weighted by Gasteiger charge is -2.26. The number of rotatable bonds is 3. The molecule has 0 heterocycles. The Bertz CT molecular complexity index is 231. The SMILES string of the molecule is CN(CCBr)C(=O)C1CC2CCC1C2. The number of nitrogens with zero attached hydrogens (tertiary/aromatic N) is 1. The summed E-state index contributed by atoms with van der Waals surface area (Å²) < 4.78 is 0. The second kappa shape index (κ2) is 4.21. The van der Waals surface area contributed by atoms with Gasteiger partial charge in [0.1, 0.15) is 0 Å². The summed E-state index contributed by atoms with van der Waals surface area (Å²) >= 11 is 3.37. The molecule has 1 amide bonds. The molecule has 2 aliphatic carbocycles. The number of amides is 1. The smallest absolute Gasteiger partial charge is 0.225 e. The first kappa shape index (κ1) is 10.5. The molecule has 3 heteroatoms. The van der Waals surface area contributed by atoms with Gasteiger partial charge in [0.15, 0.2) is 0 Å². The first-order valence-corrected chi connectivity index (χ1v) is 6.65. The van der Waals surface area contributed by atoms with Gasteiger partial charge in [0, 0.05) is 24.8 Å². The second-order valence-electron chi connectivity index (χ2n) is 4.73. The predicted molar refractivity (Wildman–Crippen MR) is 60.4 cm³/mol. The predicted octanol–water partition coefficient (Wildman–Crippen LogP) is 2.28. The van der Waals surface area contributed by atoms with Crippen molar-refractivity contribution in [3.63, 3.8) is 0 Å². The van der Waals surface area contributed by atoms with Crippen LogP contribution in [0.5, 0.6) is 0 Å². The van der Waals surface area contributed by atoms with Crippen LogP contribution < -0.4 is 0 Å². The van der Waals surface area contributed by atoms with Crippen LogP contribution in [-0.2, 0) is 4.79 Å². The summed E-state index contributed by atoms with van der Waals surface area (Å²) in [6.07, 6.45) is 5.15. The van der Waals surface area contributed by atoms with Gasteiger partial charge in [0.2, 0.25) is 5.91 Å². The number of hydrogen-bond donors (Lipinski definition) is 0. The van der Waals surface area contributed by atoms with Crippen LogP contribution in [0.3, 0.4) is 0 Å². The van der Waals surface area contributed by atoms with Gasteiger partial charge in [-0.1, -0.05) is 22.4 Å². The summed E-state index contributed by atoms with van der Waals surface area (Å²) in [5, 5.41) is 0.885. The van der Waals surface area contributed by atoms with Crippen molar-refractivity contribution in [2.24, 2.45) is 17.8 Å². The molecule has 0 spiro atoms. The monoisotopic (exact) mass is 259 g/mol. The number of carbonyl (C=O) groups is 1. The van der Waals surface area contributed by atoms with Crippen LogP contribution in [0.15, 0.2) is 0 Å². The summed E-state index contributed by atoms with van der Waals surface area (Å²) in [4.78, 5) is 13.9. The maximum Gasteiger partial charge on any atom is 0.225 e. The molecule has 0 saturated heterocycles. The van der Waals surface area contributed by atoms with E-state index < -0.39 is 0 Å². The first-order chi connectivity index (χ1) is 6.72. The Morgan fingerprint density at radius 1 is 1.43 bits per heavy atom. The van der Waals surface area contributed by atoms with E-state index in [0.717, 1.165) is 24.2 Å². The molecule has 0 aromatic heterocycles. The van der Waals surface area contributed by atoms with Crippen LogP contribution in [0.25, 0.3) is 0 Å². The summed E-state index contributed by atoms with van der Waals surface area (Å²) in [7, 11) is 1.93. The highest BCUT2D eigenvalue weighted by atomic mass is 79.9. The summed E-state index contributed by atoms with van der Waals surface area (Å²) in [5.74, 6) is 2.33. The molecule has 0 radical (unpaired) electrons. The molecule has 80 valence electrons. The molecule has 0 aliphatic heterocycles. The van der Waals surface area contributed by atoms with Crippen LogP contribution in [0, 0.1) is 17.8 Å². The fraction of sp³-hybridized carbons (Fsp3) is 0.909. The molecule has 14 heavy (non-hydrogen) atoms. The minimum absolute atomic E-state index is 0.359. The van der Waals surface area contributed by atoms with Crippen molar-refractivity contribution >= 4 is 21.8 Å². The van der Waals surface area contributed by atoms with E-state index in [1.807, 2.05) is 11.9 Å². The van der Waals surface area contributed by atoms with Crippen molar-refractivity contribution in [3.8, 4) is 0 Å². The van der Waals surface area contributed by atoms with Crippen LogP contribution in [-0.4, -0.2) is 29.7 Å². The van der Waals surface area contributed by atoms with E-state index in [1.54, 1.807) is 0 Å². The summed E-state index contributed by atoms with van der Waals surface area (Å²) in [5.41, 5.74) is 0. The van der Waals surface area contributed by atoms with Crippen molar-refractivity contribution in [2.45, 2.75) is 25.7 Å². The van der Waals surface area contributed by atoms with E-state index >= 15 is 0 Å². The lowest BCUT2D eigenvalue weighted by molar-refractivity contribution is -0.135. The largest absolute Gasteiger partial charge is 0.345 e. The molecule has 2 saturated carbocycles. The van der Waals surface area contributed by atoms with Gasteiger partial charge < -0.3 is 4.90 Å². The molecule has 0 aromatic carbocycles. The van der Waals surface area contributed by atoms with Gasteiger partial charge in [0.05, 0.1) is 0 Å². The van der Waals surface area contributed by atoms with E-state index in [9.17, 15) is 4.79 Å². The first-order valence-electron chi connectivity index (χ1n) is 5.53. The van der Waals surface area contributed by atoms with Crippen LogP contribution >= 0.6 is 15.9 Å². The van der Waals surface area contributed by atoms with Gasteiger partial charge in [-0.25, -0.2) is 0 Å². The fourth-order valence-corrected chi connectivity index (χ4v) is 3.60. The maximum absolute atomic E-state index is 12.0. The molecule has 2 fully saturated rings. The lowest BCUT2D eigenvalue weighted by Crippen LogP contribution is -2.36. The second-order valence-corrected chi connectivity index (χ2v) is 5.52. The molecule has 0 aromatic rings. The zero-order valence-corrected chi connectivity index (χ0v) is 10.3. The topological polar surface area (TPSA) is 20.3 Å². The van der Waals surface area contributed by atoms with Crippen molar-refractivity contribution in [1.82, 2.24) is 4.90 Å². The molecule has 3 unspecified atom stereocenters. The molecule has 3 atom stereocenters.